The third kappa shape index (κ3) is 3.78. The van der Waals surface area contributed by atoms with Crippen LogP contribution in [0.4, 0.5) is 0 Å². The molecule has 0 aliphatic rings. The van der Waals surface area contributed by atoms with Crippen LogP contribution < -0.4 is 5.14 Å². The third-order valence-corrected chi connectivity index (χ3v) is 4.08. The second-order valence-corrected chi connectivity index (χ2v) is 5.98. The average Bonchev–Trinajstić information content (AvgIpc) is 2.38. The van der Waals surface area contributed by atoms with E-state index in [0.29, 0.717) is 12.1 Å². The van der Waals surface area contributed by atoms with E-state index < -0.39 is 10.0 Å². The quantitative estimate of drug-likeness (QED) is 0.891. The van der Waals surface area contributed by atoms with Gasteiger partial charge in [0.15, 0.2) is 0 Å². The number of benzene rings is 1. The Balaban J connectivity index is 3.01. The van der Waals surface area contributed by atoms with Gasteiger partial charge in [0.25, 0.3) is 5.91 Å². The monoisotopic (exact) mass is 284 g/mol. The Labute approximate surface area is 114 Å². The Morgan fingerprint density at radius 3 is 2.16 bits per heavy atom. The van der Waals surface area contributed by atoms with E-state index in [-0.39, 0.29) is 16.8 Å². The summed E-state index contributed by atoms with van der Waals surface area (Å²) in [6.07, 6.45) is 0.870. The molecule has 0 heterocycles. The van der Waals surface area contributed by atoms with Crippen molar-refractivity contribution in [3.05, 3.63) is 29.8 Å². The Morgan fingerprint density at radius 1 is 1.26 bits per heavy atom. The maximum atomic E-state index is 12.3. The van der Waals surface area contributed by atoms with Crippen LogP contribution in [0.5, 0.6) is 0 Å². The lowest BCUT2D eigenvalue weighted by atomic mass is 10.1. The highest BCUT2D eigenvalue weighted by molar-refractivity contribution is 7.89. The number of nitrogens with zero attached hydrogens (tertiary/aromatic N) is 1. The highest BCUT2D eigenvalue weighted by Gasteiger charge is 2.19. The van der Waals surface area contributed by atoms with Gasteiger partial charge >= 0.3 is 0 Å². The maximum absolute atomic E-state index is 12.3. The first-order chi connectivity index (χ1) is 8.81. The standard InChI is InChI=1S/C13H20N2O3S/c1-4-10(3)15(5-2)13(16)11-6-8-12(9-7-11)19(14,17)18/h6-10H,4-5H2,1-3H3,(H2,14,17,18). The first kappa shape index (κ1) is 15.7. The van der Waals surface area contributed by atoms with E-state index in [1.54, 1.807) is 4.90 Å². The smallest absolute Gasteiger partial charge is 0.254 e. The minimum absolute atomic E-state index is 0.00985. The lowest BCUT2D eigenvalue weighted by molar-refractivity contribution is 0.0700. The average molecular weight is 284 g/mol. The SMILES string of the molecule is CCC(C)N(CC)C(=O)c1ccc(S(N)(=O)=O)cc1. The molecule has 106 valence electrons. The maximum Gasteiger partial charge on any atom is 0.254 e. The molecule has 2 N–H and O–H groups in total. The number of sulfonamides is 1. The summed E-state index contributed by atoms with van der Waals surface area (Å²) in [4.78, 5) is 14.0. The number of nitrogens with two attached hydrogens (primary N) is 1. The second-order valence-electron chi connectivity index (χ2n) is 4.42. The largest absolute Gasteiger partial charge is 0.336 e. The van der Waals surface area contributed by atoms with Crippen LogP contribution in [0.25, 0.3) is 0 Å². The van der Waals surface area contributed by atoms with E-state index in [4.69, 9.17) is 5.14 Å². The van der Waals surface area contributed by atoms with Crippen LogP contribution in [0, 0.1) is 0 Å². The zero-order valence-electron chi connectivity index (χ0n) is 11.5. The summed E-state index contributed by atoms with van der Waals surface area (Å²) in [7, 11) is -3.72. The fourth-order valence-electron chi connectivity index (χ4n) is 1.83. The van der Waals surface area contributed by atoms with Crippen LogP contribution in [0.15, 0.2) is 29.2 Å². The molecule has 1 aromatic rings. The molecule has 0 fully saturated rings. The van der Waals surface area contributed by atoms with Gasteiger partial charge in [-0.2, -0.15) is 0 Å². The molecule has 1 amide bonds. The Hall–Kier alpha value is -1.40. The molecule has 6 heteroatoms. The number of rotatable bonds is 5. The van der Waals surface area contributed by atoms with E-state index in [9.17, 15) is 13.2 Å². The van der Waals surface area contributed by atoms with Gasteiger partial charge in [0.05, 0.1) is 4.90 Å². The van der Waals surface area contributed by atoms with Gasteiger partial charge in [-0.25, -0.2) is 13.6 Å². The number of hydrogen-bond acceptors (Lipinski definition) is 3. The third-order valence-electron chi connectivity index (χ3n) is 3.15. The summed E-state index contributed by atoms with van der Waals surface area (Å²) in [5.41, 5.74) is 0.467. The van der Waals surface area contributed by atoms with Crippen molar-refractivity contribution >= 4 is 15.9 Å². The predicted octanol–water partition coefficient (Wildman–Crippen LogP) is 1.59. The van der Waals surface area contributed by atoms with Crippen LogP contribution >= 0.6 is 0 Å². The van der Waals surface area contributed by atoms with Crippen molar-refractivity contribution in [2.24, 2.45) is 5.14 Å². The molecule has 0 saturated heterocycles. The van der Waals surface area contributed by atoms with Crippen molar-refractivity contribution < 1.29 is 13.2 Å². The van der Waals surface area contributed by atoms with E-state index in [1.807, 2.05) is 20.8 Å². The summed E-state index contributed by atoms with van der Waals surface area (Å²) in [5.74, 6) is -0.0992. The summed E-state index contributed by atoms with van der Waals surface area (Å²) in [6.45, 7) is 6.54. The lowest BCUT2D eigenvalue weighted by Gasteiger charge is -2.27. The van der Waals surface area contributed by atoms with Gasteiger partial charge in [-0.1, -0.05) is 6.92 Å². The van der Waals surface area contributed by atoms with Crippen molar-refractivity contribution in [3.63, 3.8) is 0 Å². The topological polar surface area (TPSA) is 80.5 Å². The molecule has 0 saturated carbocycles. The van der Waals surface area contributed by atoms with Crippen LogP contribution in [0.2, 0.25) is 0 Å². The van der Waals surface area contributed by atoms with Crippen molar-refractivity contribution in [2.75, 3.05) is 6.54 Å². The molecule has 19 heavy (non-hydrogen) atoms. The first-order valence-electron chi connectivity index (χ1n) is 6.25. The summed E-state index contributed by atoms with van der Waals surface area (Å²) in [5, 5.41) is 5.02. The highest BCUT2D eigenvalue weighted by Crippen LogP contribution is 2.13. The number of carbonyl (C=O) groups excluding carboxylic acids is 1. The Bertz CT molecular complexity index is 538. The zero-order chi connectivity index (χ0) is 14.6. The fraction of sp³-hybridized carbons (Fsp3) is 0.462. The number of carbonyl (C=O) groups is 1. The van der Waals surface area contributed by atoms with Gasteiger partial charge in [0.1, 0.15) is 0 Å². The van der Waals surface area contributed by atoms with Crippen LogP contribution in [0.3, 0.4) is 0 Å². The fourth-order valence-corrected chi connectivity index (χ4v) is 2.34. The number of hydrogen-bond donors (Lipinski definition) is 1. The molecule has 1 unspecified atom stereocenters. The predicted molar refractivity (Wildman–Crippen MR) is 74.3 cm³/mol. The molecular weight excluding hydrogens is 264 g/mol. The molecule has 0 spiro atoms. The number of amides is 1. The minimum atomic E-state index is -3.72. The van der Waals surface area contributed by atoms with Gasteiger partial charge < -0.3 is 4.90 Å². The van der Waals surface area contributed by atoms with E-state index in [0.717, 1.165) is 6.42 Å². The van der Waals surface area contributed by atoms with Gasteiger partial charge in [0.2, 0.25) is 10.0 Å². The second kappa shape index (κ2) is 6.16. The van der Waals surface area contributed by atoms with Crippen LogP contribution in [0.1, 0.15) is 37.6 Å². The first-order valence-corrected chi connectivity index (χ1v) is 7.79. The molecule has 0 radical (unpaired) electrons. The van der Waals surface area contributed by atoms with Gasteiger partial charge in [-0.05, 0) is 44.5 Å². The van der Waals surface area contributed by atoms with E-state index in [1.165, 1.54) is 24.3 Å². The lowest BCUT2D eigenvalue weighted by Crippen LogP contribution is -2.38. The highest BCUT2D eigenvalue weighted by atomic mass is 32.2. The molecular formula is C13H20N2O3S. The van der Waals surface area contributed by atoms with Gasteiger partial charge in [0, 0.05) is 18.2 Å². The summed E-state index contributed by atoms with van der Waals surface area (Å²) >= 11 is 0. The molecule has 1 atom stereocenters. The molecule has 0 aliphatic carbocycles. The van der Waals surface area contributed by atoms with E-state index >= 15 is 0 Å². The summed E-state index contributed by atoms with van der Waals surface area (Å²) < 4.78 is 22.3. The van der Waals surface area contributed by atoms with Crippen molar-refractivity contribution in [3.8, 4) is 0 Å². The Morgan fingerprint density at radius 2 is 1.79 bits per heavy atom. The molecule has 1 rings (SSSR count). The number of primary sulfonamides is 1. The molecule has 0 bridgehead atoms. The minimum Gasteiger partial charge on any atom is -0.336 e. The molecule has 1 aromatic carbocycles. The zero-order valence-corrected chi connectivity index (χ0v) is 12.3. The van der Waals surface area contributed by atoms with E-state index in [2.05, 4.69) is 0 Å². The Kier molecular flexibility index (Phi) is 5.08. The van der Waals surface area contributed by atoms with Crippen LogP contribution in [-0.2, 0) is 10.0 Å². The molecule has 5 nitrogen and oxygen atoms in total. The van der Waals surface area contributed by atoms with Crippen LogP contribution in [-0.4, -0.2) is 31.8 Å². The van der Waals surface area contributed by atoms with Crippen molar-refractivity contribution in [1.82, 2.24) is 4.90 Å². The molecule has 0 aliphatic heterocycles. The normalized spacial score (nSPS) is 13.1. The van der Waals surface area contributed by atoms with Gasteiger partial charge in [-0.15, -0.1) is 0 Å². The molecule has 0 aromatic heterocycles. The summed E-state index contributed by atoms with van der Waals surface area (Å²) in [6, 6.07) is 5.84. The van der Waals surface area contributed by atoms with Crippen molar-refractivity contribution in [2.45, 2.75) is 38.1 Å². The van der Waals surface area contributed by atoms with Gasteiger partial charge in [-0.3, -0.25) is 4.79 Å². The van der Waals surface area contributed by atoms with Crippen molar-refractivity contribution in [1.29, 1.82) is 0 Å².